The normalized spacial score (nSPS) is 37.6. The van der Waals surface area contributed by atoms with Gasteiger partial charge in [-0.15, -0.1) is 11.3 Å². The van der Waals surface area contributed by atoms with Crippen LogP contribution < -0.4 is 5.32 Å². The fourth-order valence-electron chi connectivity index (χ4n) is 4.62. The number of thiophene rings is 1. The van der Waals surface area contributed by atoms with Gasteiger partial charge in [-0.2, -0.15) is 0 Å². The van der Waals surface area contributed by atoms with Crippen molar-refractivity contribution in [1.29, 1.82) is 0 Å². The molecule has 1 aromatic heterocycles. The van der Waals surface area contributed by atoms with Gasteiger partial charge < -0.3 is 4.90 Å². The van der Waals surface area contributed by atoms with Crippen molar-refractivity contribution in [2.45, 2.75) is 55.9 Å². The molecule has 3 aliphatic heterocycles. The average Bonchev–Trinajstić information content (AvgIpc) is 2.93. The highest BCUT2D eigenvalue weighted by molar-refractivity contribution is 7.10. The van der Waals surface area contributed by atoms with Crippen LogP contribution in [0.2, 0.25) is 0 Å². The number of amides is 1. The van der Waals surface area contributed by atoms with Crippen LogP contribution in [0.4, 0.5) is 0 Å². The van der Waals surface area contributed by atoms with E-state index in [1.165, 1.54) is 30.8 Å². The van der Waals surface area contributed by atoms with Gasteiger partial charge in [0.25, 0.3) is 0 Å². The van der Waals surface area contributed by atoms with Crippen molar-refractivity contribution in [3.63, 3.8) is 0 Å². The molecule has 0 aromatic carbocycles. The van der Waals surface area contributed by atoms with Gasteiger partial charge in [0.05, 0.1) is 6.04 Å². The lowest BCUT2D eigenvalue weighted by molar-refractivity contribution is -0.133. The Morgan fingerprint density at radius 3 is 2.90 bits per heavy atom. The van der Waals surface area contributed by atoms with E-state index < -0.39 is 0 Å². The van der Waals surface area contributed by atoms with E-state index in [4.69, 9.17) is 0 Å². The maximum atomic E-state index is 13.0. The highest BCUT2D eigenvalue weighted by Crippen LogP contribution is 2.49. The Labute approximate surface area is 129 Å². The van der Waals surface area contributed by atoms with Crippen molar-refractivity contribution in [3.8, 4) is 0 Å². The molecule has 1 amide bonds. The van der Waals surface area contributed by atoms with Crippen LogP contribution >= 0.6 is 11.3 Å². The first-order valence-electron chi connectivity index (χ1n) is 8.16. The molecular weight excluding hydrogens is 282 g/mol. The Morgan fingerprint density at radius 1 is 1.24 bits per heavy atom. The maximum absolute atomic E-state index is 13.0. The van der Waals surface area contributed by atoms with Crippen LogP contribution in [0, 0.1) is 0 Å². The van der Waals surface area contributed by atoms with Crippen molar-refractivity contribution >= 4 is 17.2 Å². The number of carbonyl (C=O) groups is 1. The second-order valence-electron chi connectivity index (χ2n) is 6.96. The summed E-state index contributed by atoms with van der Waals surface area (Å²) in [5, 5.41) is 5.79. The number of fused-ring (bicyclic) bond motifs is 1. The van der Waals surface area contributed by atoms with E-state index in [2.05, 4.69) is 32.6 Å². The zero-order valence-corrected chi connectivity index (χ0v) is 12.9. The molecule has 21 heavy (non-hydrogen) atoms. The summed E-state index contributed by atoms with van der Waals surface area (Å²) in [4.78, 5) is 19.1. The van der Waals surface area contributed by atoms with Gasteiger partial charge >= 0.3 is 0 Å². The van der Waals surface area contributed by atoms with E-state index in [0.717, 1.165) is 19.3 Å². The molecule has 4 heterocycles. The van der Waals surface area contributed by atoms with Crippen molar-refractivity contribution in [1.82, 2.24) is 15.1 Å². The molecule has 5 heteroatoms. The van der Waals surface area contributed by atoms with Crippen LogP contribution in [0.15, 0.2) is 17.5 Å². The zero-order chi connectivity index (χ0) is 14.0. The topological polar surface area (TPSA) is 35.6 Å². The molecule has 1 aliphatic carbocycles. The molecule has 0 radical (unpaired) electrons. The number of nitrogens with one attached hydrogen (secondary N) is 1. The minimum Gasteiger partial charge on any atom is -0.316 e. The highest BCUT2D eigenvalue weighted by Gasteiger charge is 2.62. The predicted molar refractivity (Wildman–Crippen MR) is 82.0 cm³/mol. The summed E-state index contributed by atoms with van der Waals surface area (Å²) in [6.07, 6.45) is 5.86. The third-order valence-corrected chi connectivity index (χ3v) is 6.75. The van der Waals surface area contributed by atoms with Crippen LogP contribution in [-0.2, 0) is 4.79 Å². The fraction of sp³-hybridized carbons (Fsp3) is 0.688. The van der Waals surface area contributed by atoms with Gasteiger partial charge in [0.2, 0.25) is 5.91 Å². The molecule has 1 aromatic rings. The summed E-state index contributed by atoms with van der Waals surface area (Å²) in [5.41, 5.74) is -0.208. The van der Waals surface area contributed by atoms with E-state index in [1.54, 1.807) is 11.3 Å². The SMILES string of the molecule is O=C1N(C2CCN3CCCC23)C(c2cccs2)NC12CC2. The Kier molecular flexibility index (Phi) is 2.59. The molecule has 3 saturated heterocycles. The van der Waals surface area contributed by atoms with Crippen molar-refractivity contribution < 1.29 is 4.79 Å². The lowest BCUT2D eigenvalue weighted by Gasteiger charge is -2.33. The molecule has 4 fully saturated rings. The number of carbonyl (C=O) groups excluding carboxylic acids is 1. The average molecular weight is 303 g/mol. The van der Waals surface area contributed by atoms with E-state index in [-0.39, 0.29) is 11.7 Å². The molecule has 4 aliphatic rings. The first-order chi connectivity index (χ1) is 10.3. The van der Waals surface area contributed by atoms with E-state index in [9.17, 15) is 4.79 Å². The van der Waals surface area contributed by atoms with Crippen LogP contribution in [-0.4, -0.2) is 46.4 Å². The molecule has 3 atom stereocenters. The fourth-order valence-corrected chi connectivity index (χ4v) is 5.39. The van der Waals surface area contributed by atoms with Crippen LogP contribution in [0.1, 0.15) is 43.1 Å². The largest absolute Gasteiger partial charge is 0.316 e. The molecule has 0 bridgehead atoms. The minimum absolute atomic E-state index is 0.116. The summed E-state index contributed by atoms with van der Waals surface area (Å²) in [6.45, 7) is 2.40. The summed E-state index contributed by atoms with van der Waals surface area (Å²) in [5.74, 6) is 0.375. The molecule has 4 nitrogen and oxygen atoms in total. The van der Waals surface area contributed by atoms with Gasteiger partial charge in [-0.3, -0.25) is 15.0 Å². The molecule has 1 N–H and O–H groups in total. The number of nitrogens with zero attached hydrogens (tertiary/aromatic N) is 2. The molecule has 1 saturated carbocycles. The number of hydrogen-bond donors (Lipinski definition) is 1. The monoisotopic (exact) mass is 303 g/mol. The van der Waals surface area contributed by atoms with Gasteiger partial charge in [0.1, 0.15) is 11.7 Å². The smallest absolute Gasteiger partial charge is 0.244 e. The van der Waals surface area contributed by atoms with Crippen molar-refractivity contribution in [2.75, 3.05) is 13.1 Å². The lowest BCUT2D eigenvalue weighted by atomic mass is 10.0. The quantitative estimate of drug-likeness (QED) is 0.907. The third kappa shape index (κ3) is 1.71. The zero-order valence-electron chi connectivity index (χ0n) is 12.1. The molecule has 112 valence electrons. The molecule has 3 unspecified atom stereocenters. The maximum Gasteiger partial charge on any atom is 0.244 e. The Hall–Kier alpha value is -0.910. The van der Waals surface area contributed by atoms with E-state index in [0.29, 0.717) is 18.0 Å². The summed E-state index contributed by atoms with van der Waals surface area (Å²) < 4.78 is 0. The Morgan fingerprint density at radius 2 is 2.14 bits per heavy atom. The van der Waals surface area contributed by atoms with Gasteiger partial charge in [-0.05, 0) is 50.1 Å². The molecular formula is C16H21N3OS. The second kappa shape index (κ2) is 4.31. The number of rotatable bonds is 2. The van der Waals surface area contributed by atoms with Gasteiger partial charge in [0, 0.05) is 17.5 Å². The predicted octanol–water partition coefficient (Wildman–Crippen LogP) is 1.95. The van der Waals surface area contributed by atoms with Gasteiger partial charge in [0.15, 0.2) is 0 Å². The van der Waals surface area contributed by atoms with Crippen LogP contribution in [0.25, 0.3) is 0 Å². The summed E-state index contributed by atoms with van der Waals surface area (Å²) in [6, 6.07) is 5.29. The van der Waals surface area contributed by atoms with Gasteiger partial charge in [-0.25, -0.2) is 0 Å². The Balaban J connectivity index is 1.51. The number of hydrogen-bond acceptors (Lipinski definition) is 4. The third-order valence-electron chi connectivity index (χ3n) is 5.83. The summed E-state index contributed by atoms with van der Waals surface area (Å²) >= 11 is 1.77. The first-order valence-corrected chi connectivity index (χ1v) is 9.04. The molecule has 1 spiro atoms. The van der Waals surface area contributed by atoms with Crippen LogP contribution in [0.3, 0.4) is 0 Å². The van der Waals surface area contributed by atoms with E-state index >= 15 is 0 Å². The van der Waals surface area contributed by atoms with E-state index in [1.807, 2.05) is 0 Å². The summed E-state index contributed by atoms with van der Waals surface area (Å²) in [7, 11) is 0. The molecule has 5 rings (SSSR count). The van der Waals surface area contributed by atoms with Crippen molar-refractivity contribution in [2.24, 2.45) is 0 Å². The highest BCUT2D eigenvalue weighted by atomic mass is 32.1. The van der Waals surface area contributed by atoms with Crippen LogP contribution in [0.5, 0.6) is 0 Å². The second-order valence-corrected chi connectivity index (χ2v) is 7.94. The standard InChI is InChI=1S/C16H21N3OS/c20-15-16(6-7-16)17-14(13-4-2-10-21-13)19(15)12-5-9-18-8-1-3-11(12)18/h2,4,10-12,14,17H,1,3,5-9H2. The first kappa shape index (κ1) is 12.6. The Bertz CT molecular complexity index is 568. The van der Waals surface area contributed by atoms with Crippen molar-refractivity contribution in [3.05, 3.63) is 22.4 Å². The van der Waals surface area contributed by atoms with Gasteiger partial charge in [-0.1, -0.05) is 6.07 Å². The minimum atomic E-state index is -0.208. The lowest BCUT2D eigenvalue weighted by Crippen LogP contribution is -2.46.